The standard InChI is InChI=1S/C15H20ClN3O2/c1-11(20)18(2)10-15(21)17-13-7-8-19(9-13)14-5-3-12(16)4-6-14/h3-6,13H,7-10H2,1-2H3,(H,17,21)/t13-/m0/s1. The zero-order valence-electron chi connectivity index (χ0n) is 12.3. The van der Waals surface area contributed by atoms with Gasteiger partial charge in [0.05, 0.1) is 6.54 Å². The number of halogens is 1. The molecule has 0 spiro atoms. The second-order valence-electron chi connectivity index (χ2n) is 5.35. The molecule has 0 bridgehead atoms. The third kappa shape index (κ3) is 4.36. The average molecular weight is 310 g/mol. The zero-order valence-corrected chi connectivity index (χ0v) is 13.1. The molecule has 0 unspecified atom stereocenters. The Morgan fingerprint density at radius 3 is 2.67 bits per heavy atom. The number of carbonyl (C=O) groups excluding carboxylic acids is 2. The van der Waals surface area contributed by atoms with Gasteiger partial charge < -0.3 is 15.1 Å². The molecule has 1 aromatic carbocycles. The van der Waals surface area contributed by atoms with Gasteiger partial charge in [-0.2, -0.15) is 0 Å². The SMILES string of the molecule is CC(=O)N(C)CC(=O)N[C@H]1CCN(c2ccc(Cl)cc2)C1. The van der Waals surface area contributed by atoms with Crippen LogP contribution in [0.2, 0.25) is 5.02 Å². The molecule has 1 heterocycles. The molecular formula is C15H20ClN3O2. The number of nitrogens with one attached hydrogen (secondary N) is 1. The first-order valence-corrected chi connectivity index (χ1v) is 7.35. The quantitative estimate of drug-likeness (QED) is 0.917. The number of hydrogen-bond donors (Lipinski definition) is 1. The molecule has 6 heteroatoms. The minimum atomic E-state index is -0.115. The zero-order chi connectivity index (χ0) is 15.4. The summed E-state index contributed by atoms with van der Waals surface area (Å²) in [7, 11) is 1.62. The minimum Gasteiger partial charge on any atom is -0.369 e. The van der Waals surface area contributed by atoms with Gasteiger partial charge in [0.25, 0.3) is 0 Å². The van der Waals surface area contributed by atoms with Crippen molar-refractivity contribution in [1.29, 1.82) is 0 Å². The molecule has 0 saturated carbocycles. The Kier molecular flexibility index (Phi) is 5.07. The van der Waals surface area contributed by atoms with Crippen LogP contribution in [0.1, 0.15) is 13.3 Å². The lowest BCUT2D eigenvalue weighted by atomic mass is 10.2. The van der Waals surface area contributed by atoms with Crippen molar-refractivity contribution in [3.8, 4) is 0 Å². The van der Waals surface area contributed by atoms with E-state index in [1.165, 1.54) is 11.8 Å². The smallest absolute Gasteiger partial charge is 0.239 e. The summed E-state index contributed by atoms with van der Waals surface area (Å²) in [6.45, 7) is 3.23. The van der Waals surface area contributed by atoms with Crippen molar-refractivity contribution in [2.45, 2.75) is 19.4 Å². The molecule has 2 rings (SSSR count). The molecule has 21 heavy (non-hydrogen) atoms. The Labute approximate surface area is 129 Å². The van der Waals surface area contributed by atoms with Crippen molar-refractivity contribution >= 4 is 29.1 Å². The Balaban J connectivity index is 1.84. The van der Waals surface area contributed by atoms with Crippen LogP contribution in [0.4, 0.5) is 5.69 Å². The molecule has 1 aliphatic heterocycles. The molecule has 1 saturated heterocycles. The summed E-state index contributed by atoms with van der Waals surface area (Å²) in [5.41, 5.74) is 1.11. The highest BCUT2D eigenvalue weighted by atomic mass is 35.5. The van der Waals surface area contributed by atoms with Crippen molar-refractivity contribution < 1.29 is 9.59 Å². The van der Waals surface area contributed by atoms with Gasteiger partial charge in [-0.05, 0) is 30.7 Å². The van der Waals surface area contributed by atoms with Gasteiger partial charge in [0.15, 0.2) is 0 Å². The van der Waals surface area contributed by atoms with Crippen molar-refractivity contribution in [2.24, 2.45) is 0 Å². The Morgan fingerprint density at radius 1 is 1.38 bits per heavy atom. The van der Waals surface area contributed by atoms with E-state index in [0.29, 0.717) is 0 Å². The summed E-state index contributed by atoms with van der Waals surface area (Å²) in [4.78, 5) is 26.6. The van der Waals surface area contributed by atoms with Gasteiger partial charge in [0, 0.05) is 43.8 Å². The lowest BCUT2D eigenvalue weighted by molar-refractivity contribution is -0.133. The molecule has 2 amide bonds. The maximum absolute atomic E-state index is 11.9. The lowest BCUT2D eigenvalue weighted by Crippen LogP contribution is -2.43. The van der Waals surface area contributed by atoms with Crippen LogP contribution < -0.4 is 10.2 Å². The molecule has 0 radical (unpaired) electrons. The first-order chi connectivity index (χ1) is 9.95. The summed E-state index contributed by atoms with van der Waals surface area (Å²) in [6, 6.07) is 7.81. The second kappa shape index (κ2) is 6.80. The molecule has 1 aromatic rings. The van der Waals surface area contributed by atoms with Crippen molar-refractivity contribution in [3.05, 3.63) is 29.3 Å². The van der Waals surface area contributed by atoms with Crippen molar-refractivity contribution in [1.82, 2.24) is 10.2 Å². The minimum absolute atomic E-state index is 0.104. The third-order valence-corrected chi connectivity index (χ3v) is 3.92. The fraction of sp³-hybridized carbons (Fsp3) is 0.467. The molecular weight excluding hydrogens is 290 g/mol. The summed E-state index contributed by atoms with van der Waals surface area (Å²) < 4.78 is 0. The van der Waals surface area contributed by atoms with Crippen LogP contribution in [-0.2, 0) is 9.59 Å². The molecule has 1 aliphatic rings. The normalized spacial score (nSPS) is 17.7. The number of anilines is 1. The molecule has 1 N–H and O–H groups in total. The van der Waals surface area contributed by atoms with Crippen molar-refractivity contribution in [2.75, 3.05) is 31.6 Å². The van der Waals surface area contributed by atoms with E-state index in [0.717, 1.165) is 30.2 Å². The van der Waals surface area contributed by atoms with Crippen LogP contribution >= 0.6 is 11.6 Å². The lowest BCUT2D eigenvalue weighted by Gasteiger charge is -2.20. The molecule has 114 valence electrons. The summed E-state index contributed by atoms with van der Waals surface area (Å²) in [6.07, 6.45) is 0.901. The number of amides is 2. The van der Waals surface area contributed by atoms with E-state index in [4.69, 9.17) is 11.6 Å². The fourth-order valence-electron chi connectivity index (χ4n) is 2.36. The van der Waals surface area contributed by atoms with Crippen LogP contribution in [0.25, 0.3) is 0 Å². The average Bonchev–Trinajstić information content (AvgIpc) is 2.87. The van der Waals surface area contributed by atoms with E-state index in [1.807, 2.05) is 24.3 Å². The second-order valence-corrected chi connectivity index (χ2v) is 5.79. The number of nitrogens with zero attached hydrogens (tertiary/aromatic N) is 2. The van der Waals surface area contributed by atoms with Gasteiger partial charge in [0.1, 0.15) is 0 Å². The fourth-order valence-corrected chi connectivity index (χ4v) is 2.49. The highest BCUT2D eigenvalue weighted by Crippen LogP contribution is 2.22. The van der Waals surface area contributed by atoms with E-state index in [9.17, 15) is 9.59 Å². The summed E-state index contributed by atoms with van der Waals surface area (Å²) >= 11 is 5.88. The van der Waals surface area contributed by atoms with Crippen LogP contribution in [0.5, 0.6) is 0 Å². The topological polar surface area (TPSA) is 52.7 Å². The van der Waals surface area contributed by atoms with Gasteiger partial charge in [-0.3, -0.25) is 9.59 Å². The predicted octanol–water partition coefficient (Wildman–Crippen LogP) is 1.51. The third-order valence-electron chi connectivity index (χ3n) is 3.66. The number of hydrogen-bond acceptors (Lipinski definition) is 3. The van der Waals surface area contributed by atoms with Crippen molar-refractivity contribution in [3.63, 3.8) is 0 Å². The maximum Gasteiger partial charge on any atom is 0.239 e. The van der Waals surface area contributed by atoms with Crippen LogP contribution in [0, 0.1) is 0 Å². The van der Waals surface area contributed by atoms with Crippen LogP contribution in [-0.4, -0.2) is 49.4 Å². The molecule has 1 atom stereocenters. The molecule has 5 nitrogen and oxygen atoms in total. The highest BCUT2D eigenvalue weighted by Gasteiger charge is 2.24. The Hall–Kier alpha value is -1.75. The predicted molar refractivity (Wildman–Crippen MR) is 83.5 cm³/mol. The largest absolute Gasteiger partial charge is 0.369 e. The van der Waals surface area contributed by atoms with E-state index in [2.05, 4.69) is 10.2 Å². The van der Waals surface area contributed by atoms with Gasteiger partial charge in [-0.15, -0.1) is 0 Å². The Bertz CT molecular complexity index is 518. The molecule has 0 aromatic heterocycles. The van der Waals surface area contributed by atoms with E-state index >= 15 is 0 Å². The van der Waals surface area contributed by atoms with E-state index in [1.54, 1.807) is 7.05 Å². The summed E-state index contributed by atoms with van der Waals surface area (Å²) in [5, 5.41) is 3.69. The van der Waals surface area contributed by atoms with E-state index in [-0.39, 0.29) is 24.4 Å². The maximum atomic E-state index is 11.9. The van der Waals surface area contributed by atoms with Gasteiger partial charge in [-0.1, -0.05) is 11.6 Å². The van der Waals surface area contributed by atoms with Gasteiger partial charge >= 0.3 is 0 Å². The number of likely N-dealkylation sites (N-methyl/N-ethyl adjacent to an activating group) is 1. The molecule has 0 aliphatic carbocycles. The number of carbonyl (C=O) groups is 2. The first-order valence-electron chi connectivity index (χ1n) is 6.97. The number of rotatable bonds is 4. The first kappa shape index (κ1) is 15.6. The monoisotopic (exact) mass is 309 g/mol. The van der Waals surface area contributed by atoms with Crippen LogP contribution in [0.3, 0.4) is 0 Å². The van der Waals surface area contributed by atoms with E-state index < -0.39 is 0 Å². The Morgan fingerprint density at radius 2 is 2.05 bits per heavy atom. The summed E-state index contributed by atoms with van der Waals surface area (Å²) in [5.74, 6) is -0.227. The highest BCUT2D eigenvalue weighted by molar-refractivity contribution is 6.30. The number of benzene rings is 1. The van der Waals surface area contributed by atoms with Crippen LogP contribution in [0.15, 0.2) is 24.3 Å². The molecule has 1 fully saturated rings. The van der Waals surface area contributed by atoms with Gasteiger partial charge in [0.2, 0.25) is 11.8 Å². The van der Waals surface area contributed by atoms with Gasteiger partial charge in [-0.25, -0.2) is 0 Å².